The fraction of sp³-hybridized carbons (Fsp3) is 0.607. The van der Waals surface area contributed by atoms with Crippen LogP contribution >= 0.6 is 0 Å². The number of aromatic nitrogens is 2. The van der Waals surface area contributed by atoms with E-state index in [2.05, 4.69) is 44.0 Å². The molecule has 0 bridgehead atoms. The molecule has 0 unspecified atom stereocenters. The Hall–Kier alpha value is -2.91. The Labute approximate surface area is 218 Å². The molecule has 0 atom stereocenters. The molecule has 4 heterocycles. The summed E-state index contributed by atoms with van der Waals surface area (Å²) >= 11 is 0. The fourth-order valence-corrected chi connectivity index (χ4v) is 6.02. The predicted octanol–water partition coefficient (Wildman–Crippen LogP) is 3.28. The number of carbonyl (C=O) groups excluding carboxylic acids is 1. The van der Waals surface area contributed by atoms with Crippen LogP contribution in [0.3, 0.4) is 0 Å². The average Bonchev–Trinajstić information content (AvgIpc) is 2.91. The first kappa shape index (κ1) is 24.4. The molecule has 37 heavy (non-hydrogen) atoms. The van der Waals surface area contributed by atoms with Crippen LogP contribution in [0.4, 0.5) is 11.4 Å². The van der Waals surface area contributed by atoms with Crippen LogP contribution in [-0.2, 0) is 9.53 Å². The number of ether oxygens (including phenoxy) is 3. The van der Waals surface area contributed by atoms with Gasteiger partial charge < -0.3 is 28.9 Å². The van der Waals surface area contributed by atoms with E-state index in [1.54, 1.807) is 17.3 Å². The summed E-state index contributed by atoms with van der Waals surface area (Å²) in [5.41, 5.74) is 1.54. The SMILES string of the molecule is COc1ncc(N2CC3(CCN(c4ccc(OC5CCN(C6CCC6)CC5)cc4)CC3)OCC2=O)cn1. The van der Waals surface area contributed by atoms with Crippen molar-refractivity contribution in [1.82, 2.24) is 14.9 Å². The maximum Gasteiger partial charge on any atom is 0.316 e. The minimum Gasteiger partial charge on any atom is -0.490 e. The lowest BCUT2D eigenvalue weighted by Gasteiger charge is -2.47. The predicted molar refractivity (Wildman–Crippen MR) is 140 cm³/mol. The Morgan fingerprint density at radius 1 is 0.946 bits per heavy atom. The lowest BCUT2D eigenvalue weighted by Crippen LogP contribution is -2.59. The van der Waals surface area contributed by atoms with Crippen molar-refractivity contribution < 1.29 is 19.0 Å². The van der Waals surface area contributed by atoms with Crippen LogP contribution in [0, 0.1) is 0 Å². The van der Waals surface area contributed by atoms with E-state index in [4.69, 9.17) is 14.2 Å². The number of likely N-dealkylation sites (tertiary alicyclic amines) is 1. The third-order valence-electron chi connectivity index (χ3n) is 8.60. The summed E-state index contributed by atoms with van der Waals surface area (Å²) < 4.78 is 17.5. The van der Waals surface area contributed by atoms with Gasteiger partial charge in [0.05, 0.1) is 37.3 Å². The summed E-state index contributed by atoms with van der Waals surface area (Å²) in [7, 11) is 1.53. The molecular weight excluding hydrogens is 470 g/mol. The Morgan fingerprint density at radius 2 is 1.65 bits per heavy atom. The van der Waals surface area contributed by atoms with Crippen LogP contribution in [0.5, 0.6) is 11.8 Å². The maximum atomic E-state index is 12.6. The highest BCUT2D eigenvalue weighted by atomic mass is 16.5. The number of methoxy groups -OCH3 is 1. The Balaban J connectivity index is 1.01. The summed E-state index contributed by atoms with van der Waals surface area (Å²) in [5.74, 6) is 0.900. The summed E-state index contributed by atoms with van der Waals surface area (Å²) in [6.45, 7) is 4.68. The molecule has 3 saturated heterocycles. The number of morpholine rings is 1. The quantitative estimate of drug-likeness (QED) is 0.590. The highest BCUT2D eigenvalue weighted by molar-refractivity contribution is 5.94. The van der Waals surface area contributed by atoms with Gasteiger partial charge in [-0.05, 0) is 62.8 Å². The number of carbonyl (C=O) groups is 1. The van der Waals surface area contributed by atoms with Crippen molar-refractivity contribution in [3.8, 4) is 11.8 Å². The van der Waals surface area contributed by atoms with Crippen molar-refractivity contribution >= 4 is 17.3 Å². The third-order valence-corrected chi connectivity index (χ3v) is 8.60. The highest BCUT2D eigenvalue weighted by Crippen LogP contribution is 2.35. The zero-order valence-corrected chi connectivity index (χ0v) is 21.7. The van der Waals surface area contributed by atoms with Gasteiger partial charge in [0.2, 0.25) is 0 Å². The number of nitrogens with zero attached hydrogens (tertiary/aromatic N) is 5. The zero-order chi connectivity index (χ0) is 25.2. The van der Waals surface area contributed by atoms with E-state index in [9.17, 15) is 4.79 Å². The van der Waals surface area contributed by atoms with Gasteiger partial charge in [0.25, 0.3) is 5.91 Å². The molecule has 9 heteroatoms. The Kier molecular flexibility index (Phi) is 6.90. The minimum atomic E-state index is -0.345. The summed E-state index contributed by atoms with van der Waals surface area (Å²) in [6, 6.07) is 9.69. The number of amides is 1. The van der Waals surface area contributed by atoms with E-state index in [0.29, 0.717) is 24.3 Å². The van der Waals surface area contributed by atoms with Gasteiger partial charge in [0.1, 0.15) is 18.5 Å². The number of anilines is 2. The highest BCUT2D eigenvalue weighted by Gasteiger charge is 2.43. The van der Waals surface area contributed by atoms with Gasteiger partial charge in [0, 0.05) is 37.9 Å². The maximum absolute atomic E-state index is 12.6. The van der Waals surface area contributed by atoms with Crippen molar-refractivity contribution in [3.63, 3.8) is 0 Å². The normalized spacial score (nSPS) is 23.2. The molecule has 1 spiro atoms. The number of rotatable bonds is 6. The lowest BCUT2D eigenvalue weighted by molar-refractivity contribution is -0.141. The molecule has 198 valence electrons. The molecule has 9 nitrogen and oxygen atoms in total. The van der Waals surface area contributed by atoms with E-state index in [1.807, 2.05) is 0 Å². The molecule has 1 aromatic heterocycles. The topological polar surface area (TPSA) is 80.3 Å². The molecule has 4 aliphatic rings. The summed E-state index contributed by atoms with van der Waals surface area (Å²) in [6.07, 6.45) is 11.7. The molecule has 1 saturated carbocycles. The van der Waals surface area contributed by atoms with Crippen LogP contribution < -0.4 is 19.3 Å². The van der Waals surface area contributed by atoms with E-state index >= 15 is 0 Å². The van der Waals surface area contributed by atoms with Gasteiger partial charge in [-0.25, -0.2) is 9.97 Å². The largest absolute Gasteiger partial charge is 0.490 e. The lowest BCUT2D eigenvalue weighted by atomic mass is 9.89. The molecule has 1 aromatic carbocycles. The van der Waals surface area contributed by atoms with Crippen molar-refractivity contribution in [3.05, 3.63) is 36.7 Å². The van der Waals surface area contributed by atoms with Gasteiger partial charge in [-0.1, -0.05) is 6.42 Å². The Bertz CT molecular complexity index is 1060. The molecule has 4 fully saturated rings. The van der Waals surface area contributed by atoms with Crippen molar-refractivity contribution in [2.45, 2.75) is 62.7 Å². The number of benzene rings is 1. The Morgan fingerprint density at radius 3 is 2.27 bits per heavy atom. The minimum absolute atomic E-state index is 0.0638. The van der Waals surface area contributed by atoms with E-state index in [-0.39, 0.29) is 18.1 Å². The monoisotopic (exact) mass is 507 g/mol. The molecule has 0 radical (unpaired) electrons. The molecule has 1 aliphatic carbocycles. The smallest absolute Gasteiger partial charge is 0.316 e. The van der Waals surface area contributed by atoms with Gasteiger partial charge in [-0.3, -0.25) is 4.79 Å². The van der Waals surface area contributed by atoms with E-state index in [1.165, 1.54) is 45.1 Å². The van der Waals surface area contributed by atoms with Crippen LogP contribution in [0.2, 0.25) is 0 Å². The summed E-state index contributed by atoms with van der Waals surface area (Å²) in [5, 5.41) is 0. The van der Waals surface area contributed by atoms with E-state index < -0.39 is 0 Å². The first-order valence-electron chi connectivity index (χ1n) is 13.7. The number of piperidine rings is 2. The first-order valence-corrected chi connectivity index (χ1v) is 13.7. The van der Waals surface area contributed by atoms with Crippen molar-refractivity contribution in [2.75, 3.05) is 56.2 Å². The number of hydrogen-bond donors (Lipinski definition) is 0. The van der Waals surface area contributed by atoms with Gasteiger partial charge in [-0.2, -0.15) is 0 Å². The molecule has 3 aliphatic heterocycles. The third kappa shape index (κ3) is 5.25. The zero-order valence-electron chi connectivity index (χ0n) is 21.7. The molecular formula is C28H37N5O4. The van der Waals surface area contributed by atoms with Gasteiger partial charge in [0.15, 0.2) is 0 Å². The molecule has 0 N–H and O–H groups in total. The fourth-order valence-electron chi connectivity index (χ4n) is 6.02. The van der Waals surface area contributed by atoms with Crippen LogP contribution in [0.1, 0.15) is 44.9 Å². The van der Waals surface area contributed by atoms with Crippen LogP contribution in [0.15, 0.2) is 36.7 Å². The van der Waals surface area contributed by atoms with Crippen LogP contribution in [-0.4, -0.2) is 85.0 Å². The standard InChI is InChI=1S/C28H37N5O4/c1-35-27-29-17-23(18-30-27)33-20-28(36-19-26(33)34)11-15-32(16-12-28)22-5-7-24(8-6-22)37-25-9-13-31(14-10-25)21-3-2-4-21/h5-8,17-18,21,25H,2-4,9-16,19-20H2,1H3. The first-order chi connectivity index (χ1) is 18.1. The van der Waals surface area contributed by atoms with Crippen LogP contribution in [0.25, 0.3) is 0 Å². The van der Waals surface area contributed by atoms with Gasteiger partial charge in [-0.15, -0.1) is 0 Å². The summed E-state index contributed by atoms with van der Waals surface area (Å²) in [4.78, 5) is 27.7. The number of hydrogen-bond acceptors (Lipinski definition) is 8. The average molecular weight is 508 g/mol. The van der Waals surface area contributed by atoms with Gasteiger partial charge >= 0.3 is 6.01 Å². The van der Waals surface area contributed by atoms with Crippen molar-refractivity contribution in [1.29, 1.82) is 0 Å². The second kappa shape index (κ2) is 10.5. The second-order valence-electron chi connectivity index (χ2n) is 10.8. The second-order valence-corrected chi connectivity index (χ2v) is 10.8. The van der Waals surface area contributed by atoms with E-state index in [0.717, 1.165) is 50.6 Å². The molecule has 1 amide bonds. The van der Waals surface area contributed by atoms with Crippen molar-refractivity contribution in [2.24, 2.45) is 0 Å². The molecule has 2 aromatic rings. The molecule has 6 rings (SSSR count).